The summed E-state index contributed by atoms with van der Waals surface area (Å²) in [5.74, 6) is -0.534. The first-order chi connectivity index (χ1) is 8.99. The highest BCUT2D eigenvalue weighted by Gasteiger charge is 2.29. The number of hydrogen-bond donors (Lipinski definition) is 0. The van der Waals surface area contributed by atoms with Crippen LogP contribution in [0.1, 0.15) is 22.3 Å². The smallest absolute Gasteiger partial charge is 0.184 e. The van der Waals surface area contributed by atoms with Crippen LogP contribution in [0, 0.1) is 12.7 Å². The average molecular weight is 264 g/mol. The topological polar surface area (TPSA) is 23.6 Å². The van der Waals surface area contributed by atoms with Gasteiger partial charge in [0.05, 0.1) is 11.6 Å². The molecule has 4 heteroatoms. The molecule has 1 fully saturated rings. The van der Waals surface area contributed by atoms with Gasteiger partial charge in [0.1, 0.15) is 5.82 Å². The van der Waals surface area contributed by atoms with Crippen LogP contribution in [-0.4, -0.2) is 55.4 Å². The lowest BCUT2D eigenvalue weighted by atomic mass is 10.0. The highest BCUT2D eigenvalue weighted by molar-refractivity contribution is 6.00. The number of hydrogen-bond acceptors (Lipinski definition) is 3. The first kappa shape index (κ1) is 14.2. The highest BCUT2D eigenvalue weighted by Crippen LogP contribution is 2.17. The summed E-state index contributed by atoms with van der Waals surface area (Å²) in [4.78, 5) is 16.7. The Morgan fingerprint density at radius 3 is 2.79 bits per heavy atom. The Bertz CT molecular complexity index is 475. The van der Waals surface area contributed by atoms with Crippen LogP contribution < -0.4 is 0 Å². The van der Waals surface area contributed by atoms with Gasteiger partial charge in [-0.3, -0.25) is 9.69 Å². The molecule has 0 N–H and O–H groups in total. The van der Waals surface area contributed by atoms with Crippen molar-refractivity contribution in [1.29, 1.82) is 0 Å². The van der Waals surface area contributed by atoms with E-state index in [4.69, 9.17) is 0 Å². The van der Waals surface area contributed by atoms with Gasteiger partial charge in [-0.05, 0) is 52.7 Å². The number of likely N-dealkylation sites (N-methyl/N-ethyl adjacent to an activating group) is 2. The summed E-state index contributed by atoms with van der Waals surface area (Å²) in [5, 5.41) is 0. The molecule has 1 saturated heterocycles. The Morgan fingerprint density at radius 1 is 1.32 bits per heavy atom. The van der Waals surface area contributed by atoms with Gasteiger partial charge in [0, 0.05) is 6.54 Å². The quantitative estimate of drug-likeness (QED) is 0.763. The second-order valence-electron chi connectivity index (χ2n) is 5.46. The summed E-state index contributed by atoms with van der Waals surface area (Å²) >= 11 is 0. The molecule has 1 heterocycles. The van der Waals surface area contributed by atoms with E-state index in [0.717, 1.165) is 25.1 Å². The Hall–Kier alpha value is -1.26. The van der Waals surface area contributed by atoms with Gasteiger partial charge in [0.15, 0.2) is 5.78 Å². The van der Waals surface area contributed by atoms with E-state index >= 15 is 0 Å². The Labute approximate surface area is 114 Å². The van der Waals surface area contributed by atoms with E-state index in [1.807, 2.05) is 25.9 Å². The molecule has 1 aliphatic heterocycles. The van der Waals surface area contributed by atoms with Crippen LogP contribution in [0.5, 0.6) is 0 Å². The number of carbonyl (C=O) groups is 1. The average Bonchev–Trinajstić information content (AvgIpc) is 2.53. The van der Waals surface area contributed by atoms with Gasteiger partial charge in [0.25, 0.3) is 0 Å². The summed E-state index contributed by atoms with van der Waals surface area (Å²) in [6, 6.07) is 4.46. The van der Waals surface area contributed by atoms with Crippen molar-refractivity contribution in [2.45, 2.75) is 19.4 Å². The lowest BCUT2D eigenvalue weighted by Gasteiger charge is -2.26. The van der Waals surface area contributed by atoms with Gasteiger partial charge in [0.2, 0.25) is 0 Å². The molecule has 1 unspecified atom stereocenters. The monoisotopic (exact) mass is 264 g/mol. The van der Waals surface area contributed by atoms with Crippen LogP contribution in [0.25, 0.3) is 0 Å². The normalized spacial score (nSPS) is 22.2. The molecular weight excluding hydrogens is 243 g/mol. The third kappa shape index (κ3) is 3.19. The molecule has 0 spiro atoms. The molecule has 104 valence electrons. The Morgan fingerprint density at radius 2 is 2.05 bits per heavy atom. The van der Waals surface area contributed by atoms with E-state index in [-0.39, 0.29) is 17.4 Å². The first-order valence-corrected chi connectivity index (χ1v) is 6.68. The molecule has 1 aromatic carbocycles. The van der Waals surface area contributed by atoms with Crippen molar-refractivity contribution in [2.24, 2.45) is 0 Å². The largest absolute Gasteiger partial charge is 0.304 e. The van der Waals surface area contributed by atoms with Crippen LogP contribution >= 0.6 is 0 Å². The number of aryl methyl sites for hydroxylation is 1. The Kier molecular flexibility index (Phi) is 4.32. The van der Waals surface area contributed by atoms with Crippen molar-refractivity contribution in [3.8, 4) is 0 Å². The minimum atomic E-state index is -0.420. The number of nitrogens with zero attached hydrogens (tertiary/aromatic N) is 2. The zero-order valence-electron chi connectivity index (χ0n) is 11.8. The maximum Gasteiger partial charge on any atom is 0.184 e. The number of Topliss-reactive ketones (excluding diaryl/α,β-unsaturated/α-hetero) is 1. The van der Waals surface area contributed by atoms with Gasteiger partial charge in [-0.15, -0.1) is 0 Å². The van der Waals surface area contributed by atoms with Gasteiger partial charge < -0.3 is 4.90 Å². The second kappa shape index (κ2) is 5.80. The molecule has 1 aromatic rings. The van der Waals surface area contributed by atoms with Crippen molar-refractivity contribution in [3.63, 3.8) is 0 Å². The van der Waals surface area contributed by atoms with E-state index in [1.54, 1.807) is 12.1 Å². The first-order valence-electron chi connectivity index (χ1n) is 6.68. The molecule has 2 rings (SSSR count). The van der Waals surface area contributed by atoms with Crippen LogP contribution in [0.15, 0.2) is 18.2 Å². The molecule has 1 aliphatic rings. The summed E-state index contributed by atoms with van der Waals surface area (Å²) in [5.41, 5.74) is 1.13. The fourth-order valence-electron chi connectivity index (χ4n) is 2.56. The van der Waals surface area contributed by atoms with Gasteiger partial charge in [-0.25, -0.2) is 4.39 Å². The molecule has 0 aliphatic carbocycles. The van der Waals surface area contributed by atoms with Gasteiger partial charge in [-0.1, -0.05) is 11.6 Å². The molecule has 1 atom stereocenters. The van der Waals surface area contributed by atoms with Crippen molar-refractivity contribution in [1.82, 2.24) is 9.80 Å². The highest BCUT2D eigenvalue weighted by atomic mass is 19.1. The number of ketones is 1. The van der Waals surface area contributed by atoms with E-state index in [2.05, 4.69) is 4.90 Å². The predicted octanol–water partition coefficient (Wildman–Crippen LogP) is 1.95. The molecule has 0 amide bonds. The Balaban J connectivity index is 2.28. The molecule has 19 heavy (non-hydrogen) atoms. The van der Waals surface area contributed by atoms with E-state index in [1.165, 1.54) is 6.07 Å². The van der Waals surface area contributed by atoms with Crippen molar-refractivity contribution >= 4 is 5.78 Å². The summed E-state index contributed by atoms with van der Waals surface area (Å²) in [6.45, 7) is 4.38. The maximum absolute atomic E-state index is 13.8. The van der Waals surface area contributed by atoms with Crippen LogP contribution in [0.4, 0.5) is 4.39 Å². The van der Waals surface area contributed by atoms with Crippen molar-refractivity contribution in [3.05, 3.63) is 35.1 Å². The zero-order chi connectivity index (χ0) is 14.0. The standard InChI is InChI=1S/C15H21FN2O/c1-11-5-6-13(16)12(9-11)15(19)14-10-17(2)7-4-8-18(14)3/h5-6,9,14H,4,7-8,10H2,1-3H3. The molecular formula is C15H21FN2O. The number of rotatable bonds is 2. The zero-order valence-corrected chi connectivity index (χ0v) is 11.8. The molecule has 0 aromatic heterocycles. The van der Waals surface area contributed by atoms with Gasteiger partial charge >= 0.3 is 0 Å². The lowest BCUT2D eigenvalue weighted by Crippen LogP contribution is -2.44. The number of benzene rings is 1. The molecule has 0 radical (unpaired) electrons. The predicted molar refractivity (Wildman–Crippen MR) is 74.0 cm³/mol. The summed E-state index contributed by atoms with van der Waals surface area (Å²) in [7, 11) is 3.95. The lowest BCUT2D eigenvalue weighted by molar-refractivity contribution is 0.0835. The van der Waals surface area contributed by atoms with Gasteiger partial charge in [-0.2, -0.15) is 0 Å². The molecule has 0 saturated carbocycles. The SMILES string of the molecule is Cc1ccc(F)c(C(=O)C2CN(C)CCCN2C)c1. The van der Waals surface area contributed by atoms with Crippen LogP contribution in [0.3, 0.4) is 0 Å². The third-order valence-corrected chi connectivity index (χ3v) is 3.76. The fraction of sp³-hybridized carbons (Fsp3) is 0.533. The molecule has 0 bridgehead atoms. The van der Waals surface area contributed by atoms with Crippen molar-refractivity contribution in [2.75, 3.05) is 33.7 Å². The maximum atomic E-state index is 13.8. The third-order valence-electron chi connectivity index (χ3n) is 3.76. The second-order valence-corrected chi connectivity index (χ2v) is 5.46. The number of halogens is 1. The summed E-state index contributed by atoms with van der Waals surface area (Å²) in [6.07, 6.45) is 1.03. The minimum absolute atomic E-state index is 0.113. The fourth-order valence-corrected chi connectivity index (χ4v) is 2.56. The molecule has 3 nitrogen and oxygen atoms in total. The van der Waals surface area contributed by atoms with E-state index in [0.29, 0.717) is 6.54 Å². The van der Waals surface area contributed by atoms with Crippen LogP contribution in [0.2, 0.25) is 0 Å². The summed E-state index contributed by atoms with van der Waals surface area (Å²) < 4.78 is 13.8. The van der Waals surface area contributed by atoms with E-state index < -0.39 is 5.82 Å². The number of carbonyl (C=O) groups excluding carboxylic acids is 1. The van der Waals surface area contributed by atoms with E-state index in [9.17, 15) is 9.18 Å². The van der Waals surface area contributed by atoms with Crippen LogP contribution in [-0.2, 0) is 0 Å². The van der Waals surface area contributed by atoms with Crippen molar-refractivity contribution < 1.29 is 9.18 Å². The minimum Gasteiger partial charge on any atom is -0.304 e.